The van der Waals surface area contributed by atoms with E-state index in [4.69, 9.17) is 4.74 Å². The van der Waals surface area contributed by atoms with Gasteiger partial charge in [-0.1, -0.05) is 31.9 Å². The molecule has 2 rings (SSSR count). The molecule has 0 radical (unpaired) electrons. The van der Waals surface area contributed by atoms with Gasteiger partial charge in [-0.25, -0.2) is 4.79 Å². The third-order valence-corrected chi connectivity index (χ3v) is 3.91. The number of unbranched alkanes of at least 4 members (excludes halogenated alkanes) is 1. The molecule has 6 heteroatoms. The highest BCUT2D eigenvalue weighted by molar-refractivity contribution is 6.21. The van der Waals surface area contributed by atoms with E-state index in [2.05, 4.69) is 5.32 Å². The number of amides is 3. The van der Waals surface area contributed by atoms with Crippen molar-refractivity contribution in [2.24, 2.45) is 0 Å². The summed E-state index contributed by atoms with van der Waals surface area (Å²) < 4.78 is 5.29. The van der Waals surface area contributed by atoms with Crippen LogP contribution in [-0.2, 0) is 4.74 Å². The predicted octanol–water partition coefficient (Wildman–Crippen LogP) is 3.37. The largest absolute Gasteiger partial charge is 0.444 e. The van der Waals surface area contributed by atoms with Crippen molar-refractivity contribution in [1.29, 1.82) is 0 Å². The number of fused-ring (bicyclic) bond motifs is 1. The molecule has 1 heterocycles. The number of imide groups is 1. The van der Waals surface area contributed by atoms with E-state index in [1.54, 1.807) is 45.0 Å². The lowest BCUT2D eigenvalue weighted by Crippen LogP contribution is -2.47. The molecule has 0 unspecified atom stereocenters. The number of hydrogen-bond donors (Lipinski definition) is 1. The molecular weight excluding hydrogens is 320 g/mol. The van der Waals surface area contributed by atoms with Crippen LogP contribution in [-0.4, -0.2) is 41.0 Å². The Morgan fingerprint density at radius 1 is 1.16 bits per heavy atom. The zero-order chi connectivity index (χ0) is 18.6. The van der Waals surface area contributed by atoms with E-state index in [0.29, 0.717) is 17.5 Å². The van der Waals surface area contributed by atoms with Crippen LogP contribution in [0.25, 0.3) is 0 Å². The van der Waals surface area contributed by atoms with Crippen LogP contribution in [0.5, 0.6) is 0 Å². The summed E-state index contributed by atoms with van der Waals surface area (Å²) in [4.78, 5) is 38.3. The van der Waals surface area contributed by atoms with Gasteiger partial charge >= 0.3 is 6.09 Å². The van der Waals surface area contributed by atoms with Gasteiger partial charge in [0.05, 0.1) is 17.2 Å². The first-order chi connectivity index (χ1) is 11.7. The van der Waals surface area contributed by atoms with Gasteiger partial charge in [-0.2, -0.15) is 0 Å². The van der Waals surface area contributed by atoms with Gasteiger partial charge in [0.25, 0.3) is 11.8 Å². The summed E-state index contributed by atoms with van der Waals surface area (Å²) in [6.07, 6.45) is 1.96. The highest BCUT2D eigenvalue weighted by atomic mass is 16.6. The third kappa shape index (κ3) is 4.81. The highest BCUT2D eigenvalue weighted by Gasteiger charge is 2.36. The monoisotopic (exact) mass is 346 g/mol. The maximum atomic E-state index is 12.5. The molecule has 1 N–H and O–H groups in total. The van der Waals surface area contributed by atoms with Gasteiger partial charge in [-0.3, -0.25) is 14.5 Å². The van der Waals surface area contributed by atoms with Crippen LogP contribution in [0.4, 0.5) is 4.79 Å². The quantitative estimate of drug-likeness (QED) is 0.801. The zero-order valence-corrected chi connectivity index (χ0v) is 15.3. The fraction of sp³-hybridized carbons (Fsp3) is 0.526. The number of hydrogen-bond acceptors (Lipinski definition) is 4. The summed E-state index contributed by atoms with van der Waals surface area (Å²) in [5, 5.41) is 2.80. The molecule has 136 valence electrons. The van der Waals surface area contributed by atoms with Gasteiger partial charge in [0.1, 0.15) is 5.60 Å². The molecule has 0 aliphatic carbocycles. The third-order valence-electron chi connectivity index (χ3n) is 3.91. The van der Waals surface area contributed by atoms with Gasteiger partial charge in [0, 0.05) is 6.54 Å². The molecule has 0 fully saturated rings. The van der Waals surface area contributed by atoms with E-state index in [9.17, 15) is 14.4 Å². The molecule has 1 atom stereocenters. The fourth-order valence-electron chi connectivity index (χ4n) is 2.76. The van der Waals surface area contributed by atoms with E-state index in [1.807, 2.05) is 6.92 Å². The smallest absolute Gasteiger partial charge is 0.407 e. The molecule has 6 nitrogen and oxygen atoms in total. The molecule has 1 aromatic rings. The van der Waals surface area contributed by atoms with Gasteiger partial charge in [0.2, 0.25) is 0 Å². The average molecular weight is 346 g/mol. The van der Waals surface area contributed by atoms with Crippen LogP contribution in [0.3, 0.4) is 0 Å². The maximum absolute atomic E-state index is 12.5. The Kier molecular flexibility index (Phi) is 5.82. The van der Waals surface area contributed by atoms with Gasteiger partial charge in [0.15, 0.2) is 0 Å². The molecule has 0 saturated carbocycles. The van der Waals surface area contributed by atoms with Crippen molar-refractivity contribution < 1.29 is 19.1 Å². The summed E-state index contributed by atoms with van der Waals surface area (Å²) in [5.74, 6) is -0.624. The summed E-state index contributed by atoms with van der Waals surface area (Å²) >= 11 is 0. The summed E-state index contributed by atoms with van der Waals surface area (Å²) in [5.41, 5.74) is 0.229. The van der Waals surface area contributed by atoms with Crippen LogP contribution in [0, 0.1) is 0 Å². The van der Waals surface area contributed by atoms with Gasteiger partial charge in [-0.15, -0.1) is 0 Å². The van der Waals surface area contributed by atoms with E-state index >= 15 is 0 Å². The number of nitrogens with zero attached hydrogens (tertiary/aromatic N) is 1. The zero-order valence-electron chi connectivity index (χ0n) is 15.3. The van der Waals surface area contributed by atoms with Gasteiger partial charge in [-0.05, 0) is 39.3 Å². The minimum Gasteiger partial charge on any atom is -0.444 e. The van der Waals surface area contributed by atoms with Crippen molar-refractivity contribution >= 4 is 17.9 Å². The van der Waals surface area contributed by atoms with E-state index in [-0.39, 0.29) is 24.4 Å². The maximum Gasteiger partial charge on any atom is 0.407 e. The fourth-order valence-corrected chi connectivity index (χ4v) is 2.76. The molecule has 0 bridgehead atoms. The number of ether oxygens (including phenoxy) is 1. The highest BCUT2D eigenvalue weighted by Crippen LogP contribution is 2.23. The van der Waals surface area contributed by atoms with Crippen LogP contribution in [0.2, 0.25) is 0 Å². The van der Waals surface area contributed by atoms with Crippen LogP contribution in [0.15, 0.2) is 24.3 Å². The Morgan fingerprint density at radius 3 is 2.20 bits per heavy atom. The molecule has 25 heavy (non-hydrogen) atoms. The van der Waals surface area contributed by atoms with Crippen molar-refractivity contribution in [2.75, 3.05) is 6.54 Å². The van der Waals surface area contributed by atoms with Crippen LogP contribution < -0.4 is 5.32 Å². The molecular formula is C19H26N2O4. The number of carbonyl (C=O) groups excluding carboxylic acids is 3. The number of rotatable bonds is 6. The van der Waals surface area contributed by atoms with E-state index < -0.39 is 11.7 Å². The first-order valence-corrected chi connectivity index (χ1v) is 8.67. The SMILES string of the molecule is CCCC[C@H](CN1C(=O)c2ccccc2C1=O)NC(=O)OC(C)(C)C. The van der Waals surface area contributed by atoms with Crippen molar-refractivity contribution in [2.45, 2.75) is 58.6 Å². The number of carbonyl (C=O) groups is 3. The Hall–Kier alpha value is -2.37. The first kappa shape index (κ1) is 19.0. The Bertz CT molecular complexity index is 629. The van der Waals surface area contributed by atoms with E-state index in [1.165, 1.54) is 4.90 Å². The molecule has 1 aliphatic rings. The van der Waals surface area contributed by atoms with Gasteiger partial charge < -0.3 is 10.1 Å². The summed E-state index contributed by atoms with van der Waals surface area (Å²) in [7, 11) is 0. The minimum absolute atomic E-state index is 0.144. The second kappa shape index (κ2) is 7.68. The van der Waals surface area contributed by atoms with Crippen molar-refractivity contribution in [3.63, 3.8) is 0 Å². The lowest BCUT2D eigenvalue weighted by molar-refractivity contribution is 0.0463. The van der Waals surface area contributed by atoms with E-state index in [0.717, 1.165) is 12.8 Å². The lowest BCUT2D eigenvalue weighted by atomic mass is 10.1. The second-order valence-corrected chi connectivity index (χ2v) is 7.25. The molecule has 1 aliphatic heterocycles. The van der Waals surface area contributed by atoms with Crippen molar-refractivity contribution in [1.82, 2.24) is 10.2 Å². The number of benzene rings is 1. The average Bonchev–Trinajstić information content (AvgIpc) is 2.76. The van der Waals surface area contributed by atoms with Crippen LogP contribution in [0.1, 0.15) is 67.7 Å². The lowest BCUT2D eigenvalue weighted by Gasteiger charge is -2.26. The Morgan fingerprint density at radius 2 is 1.72 bits per heavy atom. The Balaban J connectivity index is 2.08. The minimum atomic E-state index is -0.602. The predicted molar refractivity (Wildman–Crippen MR) is 94.5 cm³/mol. The molecule has 3 amide bonds. The molecule has 1 aromatic carbocycles. The Labute approximate surface area is 148 Å². The molecule has 0 spiro atoms. The number of alkyl carbamates (subject to hydrolysis) is 1. The topological polar surface area (TPSA) is 75.7 Å². The first-order valence-electron chi connectivity index (χ1n) is 8.67. The van der Waals surface area contributed by atoms with Crippen LogP contribution >= 0.6 is 0 Å². The summed E-state index contributed by atoms with van der Waals surface area (Å²) in [6.45, 7) is 7.56. The molecule has 0 saturated heterocycles. The van der Waals surface area contributed by atoms with Crippen molar-refractivity contribution in [3.05, 3.63) is 35.4 Å². The number of nitrogens with one attached hydrogen (secondary N) is 1. The second-order valence-electron chi connectivity index (χ2n) is 7.25. The van der Waals surface area contributed by atoms with Crippen molar-refractivity contribution in [3.8, 4) is 0 Å². The molecule has 0 aromatic heterocycles. The summed E-state index contributed by atoms with van der Waals surface area (Å²) in [6, 6.07) is 6.44. The normalized spacial score (nSPS) is 15.1. The standard InChI is InChI=1S/C19H26N2O4/c1-5-6-9-13(20-18(24)25-19(2,3)4)12-21-16(22)14-10-7-8-11-15(14)17(21)23/h7-8,10-11,13H,5-6,9,12H2,1-4H3,(H,20,24)/t13-/m1/s1.